The maximum atomic E-state index is 8.54. The maximum Gasteiger partial charge on any atom is 0.214 e. The van der Waals surface area contributed by atoms with Crippen molar-refractivity contribution in [1.82, 2.24) is 0 Å². The zero-order valence-electron chi connectivity index (χ0n) is 4.09. The van der Waals surface area contributed by atoms with E-state index in [1.54, 1.807) is 0 Å². The molecule has 2 N–H and O–H groups in total. The van der Waals surface area contributed by atoms with Gasteiger partial charge in [-0.1, -0.05) is 6.58 Å². The van der Waals surface area contributed by atoms with Gasteiger partial charge in [-0.15, -0.1) is 0 Å². The largest absolute Gasteiger partial charge is 0.360 e. The van der Waals surface area contributed by atoms with Crippen molar-refractivity contribution in [3.8, 4) is 0 Å². The summed E-state index contributed by atoms with van der Waals surface area (Å²) < 4.78 is 0. The summed E-state index contributed by atoms with van der Waals surface area (Å²) in [5.41, 5.74) is 0. The molecule has 3 nitrogen and oxygen atoms in total. The summed E-state index contributed by atoms with van der Waals surface area (Å²) in [4.78, 5) is 3.52. The van der Waals surface area contributed by atoms with Crippen molar-refractivity contribution in [3.05, 3.63) is 12.7 Å². The molecule has 0 aromatic carbocycles. The molecule has 0 rings (SSSR count). The maximum absolute atomic E-state index is 8.54. The first-order chi connectivity index (χ1) is 3.12. The molecule has 0 radical (unpaired) electrons. The standard InChI is InChI=1S/C4H8O3/c1-3-4(2,5)7-6/h3,5-6H,1H2,2H3/t4-/m1/s1. The minimum absolute atomic E-state index is 1.08. The van der Waals surface area contributed by atoms with Crippen LogP contribution in [0.1, 0.15) is 6.92 Å². The fraction of sp³-hybridized carbons (Fsp3) is 0.500. The van der Waals surface area contributed by atoms with E-state index in [2.05, 4.69) is 11.5 Å². The zero-order chi connectivity index (χ0) is 5.91. The molecule has 0 bridgehead atoms. The van der Waals surface area contributed by atoms with Crippen LogP contribution in [0.15, 0.2) is 12.7 Å². The molecular weight excluding hydrogens is 96.0 g/mol. The predicted octanol–water partition coefficient (Wildman–Crippen LogP) is 0.370. The minimum Gasteiger partial charge on any atom is -0.360 e. The van der Waals surface area contributed by atoms with Crippen molar-refractivity contribution in [2.75, 3.05) is 0 Å². The van der Waals surface area contributed by atoms with Crippen molar-refractivity contribution in [2.45, 2.75) is 12.7 Å². The Bertz CT molecular complexity index is 67.3. The Morgan fingerprint density at radius 1 is 1.86 bits per heavy atom. The van der Waals surface area contributed by atoms with E-state index >= 15 is 0 Å². The van der Waals surface area contributed by atoms with E-state index < -0.39 is 5.79 Å². The second-order valence-corrected chi connectivity index (χ2v) is 1.35. The van der Waals surface area contributed by atoms with Crippen LogP contribution in [0, 0.1) is 0 Å². The van der Waals surface area contributed by atoms with Crippen LogP contribution in [0.25, 0.3) is 0 Å². The van der Waals surface area contributed by atoms with Crippen LogP contribution in [0.2, 0.25) is 0 Å². The molecule has 0 saturated carbocycles. The average molecular weight is 104 g/mol. The zero-order valence-corrected chi connectivity index (χ0v) is 4.09. The van der Waals surface area contributed by atoms with Crippen LogP contribution in [0.4, 0.5) is 0 Å². The molecule has 0 aliphatic rings. The first-order valence-corrected chi connectivity index (χ1v) is 1.81. The first-order valence-electron chi connectivity index (χ1n) is 1.81. The van der Waals surface area contributed by atoms with Crippen LogP contribution in [-0.2, 0) is 4.89 Å². The van der Waals surface area contributed by atoms with Gasteiger partial charge in [0.15, 0.2) is 0 Å². The summed E-state index contributed by atoms with van der Waals surface area (Å²) in [5.74, 6) is -1.60. The van der Waals surface area contributed by atoms with E-state index in [0.717, 1.165) is 6.08 Å². The lowest BCUT2D eigenvalue weighted by Gasteiger charge is -2.11. The van der Waals surface area contributed by atoms with Gasteiger partial charge in [0.05, 0.1) is 0 Å². The highest BCUT2D eigenvalue weighted by Crippen LogP contribution is 2.01. The van der Waals surface area contributed by atoms with E-state index in [0.29, 0.717) is 0 Å². The van der Waals surface area contributed by atoms with Gasteiger partial charge in [-0.3, -0.25) is 0 Å². The lowest BCUT2D eigenvalue weighted by atomic mass is 10.3. The Kier molecular flexibility index (Phi) is 1.95. The van der Waals surface area contributed by atoms with Gasteiger partial charge in [0, 0.05) is 0 Å². The Balaban J connectivity index is 3.58. The third-order valence-electron chi connectivity index (χ3n) is 0.564. The number of rotatable bonds is 2. The Labute approximate surface area is 41.8 Å². The summed E-state index contributed by atoms with van der Waals surface area (Å²) in [6.45, 7) is 4.43. The van der Waals surface area contributed by atoms with Gasteiger partial charge in [-0.05, 0) is 13.0 Å². The van der Waals surface area contributed by atoms with Gasteiger partial charge in [-0.25, -0.2) is 5.26 Å². The van der Waals surface area contributed by atoms with E-state index in [4.69, 9.17) is 10.4 Å². The van der Waals surface area contributed by atoms with Crippen LogP contribution >= 0.6 is 0 Å². The third kappa shape index (κ3) is 2.33. The third-order valence-corrected chi connectivity index (χ3v) is 0.564. The Morgan fingerprint density at radius 3 is 2.29 bits per heavy atom. The number of aliphatic hydroxyl groups is 1. The second kappa shape index (κ2) is 2.07. The Morgan fingerprint density at radius 2 is 2.29 bits per heavy atom. The highest BCUT2D eigenvalue weighted by molar-refractivity contribution is 4.81. The quantitative estimate of drug-likeness (QED) is 0.230. The normalized spacial score (nSPS) is 18.1. The van der Waals surface area contributed by atoms with E-state index in [1.807, 2.05) is 0 Å². The van der Waals surface area contributed by atoms with Crippen molar-refractivity contribution in [2.24, 2.45) is 0 Å². The molecular formula is C4H8O3. The molecule has 7 heavy (non-hydrogen) atoms. The van der Waals surface area contributed by atoms with E-state index in [9.17, 15) is 0 Å². The van der Waals surface area contributed by atoms with Gasteiger partial charge in [0.1, 0.15) is 0 Å². The molecule has 0 unspecified atom stereocenters. The van der Waals surface area contributed by atoms with Gasteiger partial charge < -0.3 is 5.11 Å². The van der Waals surface area contributed by atoms with Crippen LogP contribution in [-0.4, -0.2) is 16.2 Å². The summed E-state index contributed by atoms with van der Waals surface area (Å²) in [5, 5.41) is 16.3. The summed E-state index contributed by atoms with van der Waals surface area (Å²) in [7, 11) is 0. The molecule has 0 aliphatic heterocycles. The fourth-order valence-corrected chi connectivity index (χ4v) is 0.0373. The van der Waals surface area contributed by atoms with Crippen LogP contribution < -0.4 is 0 Å². The molecule has 0 aromatic rings. The van der Waals surface area contributed by atoms with E-state index in [1.165, 1.54) is 6.92 Å². The minimum atomic E-state index is -1.60. The smallest absolute Gasteiger partial charge is 0.214 e. The topological polar surface area (TPSA) is 49.7 Å². The second-order valence-electron chi connectivity index (χ2n) is 1.35. The van der Waals surface area contributed by atoms with Gasteiger partial charge >= 0.3 is 0 Å². The van der Waals surface area contributed by atoms with Crippen molar-refractivity contribution in [3.63, 3.8) is 0 Å². The van der Waals surface area contributed by atoms with Crippen molar-refractivity contribution >= 4 is 0 Å². The fourth-order valence-electron chi connectivity index (χ4n) is 0.0373. The van der Waals surface area contributed by atoms with Gasteiger partial charge in [0.25, 0.3) is 0 Å². The summed E-state index contributed by atoms with van der Waals surface area (Å²) in [6, 6.07) is 0. The molecule has 0 fully saturated rings. The number of hydrogen-bond acceptors (Lipinski definition) is 3. The molecule has 1 atom stereocenters. The lowest BCUT2D eigenvalue weighted by molar-refractivity contribution is -0.365. The SMILES string of the molecule is C=C[C@](C)(O)OO. The molecule has 0 heterocycles. The molecule has 0 aromatic heterocycles. The van der Waals surface area contributed by atoms with Gasteiger partial charge in [0.2, 0.25) is 5.79 Å². The molecule has 0 amide bonds. The van der Waals surface area contributed by atoms with Crippen molar-refractivity contribution < 1.29 is 15.3 Å². The summed E-state index contributed by atoms with van der Waals surface area (Å²) in [6.07, 6.45) is 1.08. The molecule has 3 heteroatoms. The average Bonchev–Trinajstić information content (AvgIpc) is 1.68. The van der Waals surface area contributed by atoms with Crippen molar-refractivity contribution in [1.29, 1.82) is 0 Å². The van der Waals surface area contributed by atoms with Crippen LogP contribution in [0.5, 0.6) is 0 Å². The lowest BCUT2D eigenvalue weighted by Crippen LogP contribution is -2.22. The molecule has 42 valence electrons. The molecule has 0 aliphatic carbocycles. The Hall–Kier alpha value is -0.380. The van der Waals surface area contributed by atoms with Gasteiger partial charge in [-0.2, -0.15) is 4.89 Å². The predicted molar refractivity (Wildman–Crippen MR) is 24.5 cm³/mol. The van der Waals surface area contributed by atoms with E-state index in [-0.39, 0.29) is 0 Å². The highest BCUT2D eigenvalue weighted by atomic mass is 17.1. The first kappa shape index (κ1) is 6.62. The molecule has 0 saturated heterocycles. The number of hydrogen-bond donors (Lipinski definition) is 2. The monoisotopic (exact) mass is 104 g/mol. The summed E-state index contributed by atoms with van der Waals surface area (Å²) >= 11 is 0. The van der Waals surface area contributed by atoms with Crippen LogP contribution in [0.3, 0.4) is 0 Å². The highest BCUT2D eigenvalue weighted by Gasteiger charge is 2.13. The molecule has 0 spiro atoms.